The Morgan fingerprint density at radius 3 is 3.00 bits per heavy atom. The number of nitrogens with zero attached hydrogens (tertiary/aromatic N) is 1. The van der Waals surface area contributed by atoms with Crippen LogP contribution in [0.25, 0.3) is 0 Å². The fraction of sp³-hybridized carbons (Fsp3) is 0.545. The minimum absolute atomic E-state index is 0.634. The highest BCUT2D eigenvalue weighted by atomic mass is 35.5. The van der Waals surface area contributed by atoms with Crippen LogP contribution < -0.4 is 5.32 Å². The maximum Gasteiger partial charge on any atom is 0.144 e. The quantitative estimate of drug-likeness (QED) is 0.826. The molecule has 0 saturated heterocycles. The molecule has 2 unspecified atom stereocenters. The van der Waals surface area contributed by atoms with Gasteiger partial charge in [-0.05, 0) is 43.2 Å². The lowest BCUT2D eigenvalue weighted by atomic mass is 10.3. The standard InChI is InChI=1S/C11H13ClN2/c12-9-2-1-5-13-11(9)14-10-6-8(10)7-3-4-7/h1-2,5,7-8,10H,3-4,6H2,(H,13,14). The number of aromatic nitrogens is 1. The summed E-state index contributed by atoms with van der Waals surface area (Å²) in [6.07, 6.45) is 5.94. The molecule has 0 bridgehead atoms. The van der Waals surface area contributed by atoms with E-state index >= 15 is 0 Å². The summed E-state index contributed by atoms with van der Waals surface area (Å²) in [6.45, 7) is 0. The molecule has 0 aliphatic heterocycles. The summed E-state index contributed by atoms with van der Waals surface area (Å²) in [7, 11) is 0. The zero-order valence-electron chi connectivity index (χ0n) is 7.91. The molecule has 3 heteroatoms. The number of hydrogen-bond donors (Lipinski definition) is 1. The highest BCUT2D eigenvalue weighted by Gasteiger charge is 2.47. The predicted octanol–water partition coefficient (Wildman–Crippen LogP) is 2.95. The molecule has 2 aliphatic rings. The van der Waals surface area contributed by atoms with Crippen molar-refractivity contribution in [3.05, 3.63) is 23.4 Å². The summed E-state index contributed by atoms with van der Waals surface area (Å²) in [5.41, 5.74) is 0. The van der Waals surface area contributed by atoms with Crippen molar-refractivity contribution in [1.82, 2.24) is 4.98 Å². The van der Waals surface area contributed by atoms with E-state index in [9.17, 15) is 0 Å². The lowest BCUT2D eigenvalue weighted by molar-refractivity contribution is 0.697. The van der Waals surface area contributed by atoms with Gasteiger partial charge in [-0.1, -0.05) is 11.6 Å². The molecule has 0 spiro atoms. The Kier molecular flexibility index (Phi) is 1.91. The van der Waals surface area contributed by atoms with E-state index in [0.717, 1.165) is 22.7 Å². The maximum atomic E-state index is 6.01. The molecule has 74 valence electrons. The molecule has 2 atom stereocenters. The Labute approximate surface area is 88.7 Å². The maximum absolute atomic E-state index is 6.01. The Hall–Kier alpha value is -0.760. The van der Waals surface area contributed by atoms with Crippen LogP contribution >= 0.6 is 11.6 Å². The highest BCUT2D eigenvalue weighted by molar-refractivity contribution is 6.32. The third kappa shape index (κ3) is 1.59. The number of anilines is 1. The monoisotopic (exact) mass is 208 g/mol. The number of nitrogens with one attached hydrogen (secondary N) is 1. The smallest absolute Gasteiger partial charge is 0.144 e. The van der Waals surface area contributed by atoms with Crippen LogP contribution in [0.3, 0.4) is 0 Å². The van der Waals surface area contributed by atoms with Crippen molar-refractivity contribution >= 4 is 17.4 Å². The van der Waals surface area contributed by atoms with Crippen LogP contribution in [0.2, 0.25) is 5.02 Å². The van der Waals surface area contributed by atoms with Crippen LogP contribution in [-0.4, -0.2) is 11.0 Å². The molecule has 1 heterocycles. The van der Waals surface area contributed by atoms with Crippen LogP contribution in [0.5, 0.6) is 0 Å². The van der Waals surface area contributed by atoms with Gasteiger partial charge in [0.2, 0.25) is 0 Å². The molecule has 0 radical (unpaired) electrons. The Morgan fingerprint density at radius 1 is 1.43 bits per heavy atom. The Bertz CT molecular complexity index is 349. The summed E-state index contributed by atoms with van der Waals surface area (Å²) < 4.78 is 0. The molecule has 1 N–H and O–H groups in total. The summed E-state index contributed by atoms with van der Waals surface area (Å²) >= 11 is 6.01. The number of halogens is 1. The topological polar surface area (TPSA) is 24.9 Å². The Morgan fingerprint density at radius 2 is 2.29 bits per heavy atom. The van der Waals surface area contributed by atoms with Gasteiger partial charge in [-0.15, -0.1) is 0 Å². The molecule has 1 aromatic rings. The van der Waals surface area contributed by atoms with Gasteiger partial charge in [-0.3, -0.25) is 0 Å². The van der Waals surface area contributed by atoms with Crippen LogP contribution in [-0.2, 0) is 0 Å². The molecule has 2 nitrogen and oxygen atoms in total. The van der Waals surface area contributed by atoms with Gasteiger partial charge >= 0.3 is 0 Å². The van der Waals surface area contributed by atoms with Gasteiger partial charge in [0.25, 0.3) is 0 Å². The van der Waals surface area contributed by atoms with Gasteiger partial charge in [0.05, 0.1) is 5.02 Å². The van der Waals surface area contributed by atoms with Crippen molar-refractivity contribution < 1.29 is 0 Å². The summed E-state index contributed by atoms with van der Waals surface area (Å²) in [5, 5.41) is 4.14. The molecule has 3 rings (SSSR count). The molecule has 1 aromatic heterocycles. The lowest BCUT2D eigenvalue weighted by Gasteiger charge is -2.05. The zero-order valence-corrected chi connectivity index (χ0v) is 8.67. The van der Waals surface area contributed by atoms with Gasteiger partial charge in [0, 0.05) is 12.2 Å². The van der Waals surface area contributed by atoms with E-state index in [1.165, 1.54) is 19.3 Å². The lowest BCUT2D eigenvalue weighted by Crippen LogP contribution is -2.07. The van der Waals surface area contributed by atoms with Crippen molar-refractivity contribution in [2.75, 3.05) is 5.32 Å². The van der Waals surface area contributed by atoms with Crippen LogP contribution in [0.15, 0.2) is 18.3 Å². The minimum Gasteiger partial charge on any atom is -0.366 e. The molecule has 0 amide bonds. The first-order valence-corrected chi connectivity index (χ1v) is 5.59. The van der Waals surface area contributed by atoms with E-state index < -0.39 is 0 Å². The largest absolute Gasteiger partial charge is 0.366 e. The Balaban J connectivity index is 1.65. The normalized spacial score (nSPS) is 30.1. The molecular formula is C11H13ClN2. The van der Waals surface area contributed by atoms with Crippen molar-refractivity contribution in [3.8, 4) is 0 Å². The van der Waals surface area contributed by atoms with Gasteiger partial charge < -0.3 is 5.32 Å². The first-order valence-electron chi connectivity index (χ1n) is 5.21. The number of pyridine rings is 1. The molecule has 2 fully saturated rings. The second-order valence-corrected chi connectivity index (χ2v) is 4.73. The van der Waals surface area contributed by atoms with Crippen molar-refractivity contribution in [1.29, 1.82) is 0 Å². The van der Waals surface area contributed by atoms with Crippen LogP contribution in [0, 0.1) is 11.8 Å². The second kappa shape index (κ2) is 3.13. The van der Waals surface area contributed by atoms with E-state index in [-0.39, 0.29) is 0 Å². The third-order valence-electron chi connectivity index (χ3n) is 3.15. The third-order valence-corrected chi connectivity index (χ3v) is 3.45. The van der Waals surface area contributed by atoms with Crippen molar-refractivity contribution in [3.63, 3.8) is 0 Å². The van der Waals surface area contributed by atoms with E-state index in [2.05, 4.69) is 10.3 Å². The van der Waals surface area contributed by atoms with Gasteiger partial charge in [0.15, 0.2) is 0 Å². The van der Waals surface area contributed by atoms with Crippen molar-refractivity contribution in [2.24, 2.45) is 11.8 Å². The molecule has 2 saturated carbocycles. The molecule has 0 aromatic carbocycles. The summed E-state index contributed by atoms with van der Waals surface area (Å²) in [5.74, 6) is 2.74. The molecule has 2 aliphatic carbocycles. The van der Waals surface area contributed by atoms with Gasteiger partial charge in [-0.25, -0.2) is 4.98 Å². The van der Waals surface area contributed by atoms with E-state index in [1.54, 1.807) is 6.20 Å². The molecular weight excluding hydrogens is 196 g/mol. The average molecular weight is 209 g/mol. The summed E-state index contributed by atoms with van der Waals surface area (Å²) in [6, 6.07) is 4.37. The summed E-state index contributed by atoms with van der Waals surface area (Å²) in [4.78, 5) is 4.23. The van der Waals surface area contributed by atoms with Crippen molar-refractivity contribution in [2.45, 2.75) is 25.3 Å². The number of rotatable bonds is 3. The SMILES string of the molecule is Clc1cccnc1NC1CC1C1CC1. The number of hydrogen-bond acceptors (Lipinski definition) is 2. The van der Waals surface area contributed by atoms with Crippen LogP contribution in [0.1, 0.15) is 19.3 Å². The van der Waals surface area contributed by atoms with E-state index in [4.69, 9.17) is 11.6 Å². The predicted molar refractivity (Wildman–Crippen MR) is 57.5 cm³/mol. The van der Waals surface area contributed by atoms with Gasteiger partial charge in [-0.2, -0.15) is 0 Å². The first-order chi connectivity index (χ1) is 6.84. The van der Waals surface area contributed by atoms with E-state index in [1.807, 2.05) is 12.1 Å². The zero-order chi connectivity index (χ0) is 9.54. The second-order valence-electron chi connectivity index (χ2n) is 4.32. The first kappa shape index (κ1) is 8.54. The van der Waals surface area contributed by atoms with Gasteiger partial charge in [0.1, 0.15) is 5.82 Å². The van der Waals surface area contributed by atoms with E-state index in [0.29, 0.717) is 6.04 Å². The van der Waals surface area contributed by atoms with Crippen LogP contribution in [0.4, 0.5) is 5.82 Å². The highest BCUT2D eigenvalue weighted by Crippen LogP contribution is 2.51. The fourth-order valence-electron chi connectivity index (χ4n) is 2.09. The molecule has 14 heavy (non-hydrogen) atoms. The average Bonchev–Trinajstić information content (AvgIpc) is 2.97. The fourth-order valence-corrected chi connectivity index (χ4v) is 2.27. The minimum atomic E-state index is 0.634.